The molecule has 0 spiro atoms. The number of unbranched alkanes of at least 4 members (excludes halogenated alkanes) is 2. The molecule has 0 aliphatic heterocycles. The molecule has 5 nitrogen and oxygen atoms in total. The predicted molar refractivity (Wildman–Crippen MR) is 171 cm³/mol. The van der Waals surface area contributed by atoms with Gasteiger partial charge in [-0.1, -0.05) is 0 Å². The Hall–Kier alpha value is -4.38. The van der Waals surface area contributed by atoms with Crippen molar-refractivity contribution in [3.63, 3.8) is 0 Å². The third kappa shape index (κ3) is 9.37. The number of hydrogen-bond donors (Lipinski definition) is 1. The van der Waals surface area contributed by atoms with Crippen molar-refractivity contribution in [3.05, 3.63) is 95.6 Å². The molecule has 11 heteroatoms. The first-order valence-electron chi connectivity index (χ1n) is 15.9. The molecule has 4 aromatic rings. The van der Waals surface area contributed by atoms with Crippen LogP contribution >= 0.6 is 0 Å². The monoisotopic (exact) mass is 676 g/mol. The lowest BCUT2D eigenvalue weighted by atomic mass is 10.0. The Bertz CT molecular complexity index is 1540. The van der Waals surface area contributed by atoms with Gasteiger partial charge in [-0.3, -0.25) is 0 Å². The number of aliphatic hydroxyl groups excluding tert-OH is 1. The highest BCUT2D eigenvalue weighted by Gasteiger charge is 2.20. The number of halogens is 6. The van der Waals surface area contributed by atoms with E-state index in [0.717, 1.165) is 12.1 Å². The predicted octanol–water partition coefficient (Wildman–Crippen LogP) is 9.81. The molecule has 0 aliphatic carbocycles. The summed E-state index contributed by atoms with van der Waals surface area (Å²) >= 11 is 0. The number of rotatable bonds is 18. The summed E-state index contributed by atoms with van der Waals surface area (Å²) in [5.41, 5.74) is -0.647. The van der Waals surface area contributed by atoms with Crippen LogP contribution in [0.3, 0.4) is 0 Å². The topological polar surface area (TPSA) is 57.2 Å². The molecule has 48 heavy (non-hydrogen) atoms. The second-order valence-electron chi connectivity index (χ2n) is 11.0. The van der Waals surface area contributed by atoms with Crippen LogP contribution < -0.4 is 18.9 Å². The zero-order valence-corrected chi connectivity index (χ0v) is 26.8. The average molecular weight is 677 g/mol. The van der Waals surface area contributed by atoms with E-state index in [1.807, 2.05) is 0 Å². The SMILES string of the molecule is CCOc1ccc(-c2ccc(OCCCCC(O)CCCCOc3ccc(-c4ccc(OCC)c(F)c4F)c(F)c3)cc2F)c(F)c1F. The van der Waals surface area contributed by atoms with Gasteiger partial charge in [-0.25, -0.2) is 17.6 Å². The summed E-state index contributed by atoms with van der Waals surface area (Å²) in [6.45, 7) is 4.17. The van der Waals surface area contributed by atoms with Crippen molar-refractivity contribution in [2.45, 2.75) is 58.5 Å². The van der Waals surface area contributed by atoms with E-state index in [1.54, 1.807) is 13.8 Å². The second kappa shape index (κ2) is 17.7. The van der Waals surface area contributed by atoms with E-state index in [2.05, 4.69) is 0 Å². The number of hydrogen-bond acceptors (Lipinski definition) is 5. The van der Waals surface area contributed by atoms with Gasteiger partial charge in [0.25, 0.3) is 0 Å². The standard InChI is InChI=1S/C37H38F6O5/c1-3-45-32-17-15-28(34(40)36(32)42)26-13-11-24(21-30(26)38)47-19-7-5-9-23(44)10-6-8-20-48-25-12-14-27(31(39)22-25)29-16-18-33(46-4-2)37(43)35(29)41/h11-18,21-23,44H,3-10,19-20H2,1-2H3. The quantitative estimate of drug-likeness (QED) is 0.0840. The summed E-state index contributed by atoms with van der Waals surface area (Å²) in [7, 11) is 0. The molecule has 0 heterocycles. The molecule has 0 bridgehead atoms. The van der Waals surface area contributed by atoms with Gasteiger partial charge in [0.05, 0.1) is 32.5 Å². The maximum atomic E-state index is 14.7. The Morgan fingerprint density at radius 2 is 0.896 bits per heavy atom. The largest absolute Gasteiger partial charge is 0.493 e. The maximum absolute atomic E-state index is 14.7. The van der Waals surface area contributed by atoms with Crippen molar-refractivity contribution >= 4 is 0 Å². The number of ether oxygens (including phenoxy) is 4. The lowest BCUT2D eigenvalue weighted by Gasteiger charge is -2.13. The Balaban J connectivity index is 1.13. The maximum Gasteiger partial charge on any atom is 0.201 e. The lowest BCUT2D eigenvalue weighted by Crippen LogP contribution is -2.08. The highest BCUT2D eigenvalue weighted by molar-refractivity contribution is 5.68. The lowest BCUT2D eigenvalue weighted by molar-refractivity contribution is 0.143. The molecule has 0 aromatic heterocycles. The third-order valence-electron chi connectivity index (χ3n) is 7.56. The summed E-state index contributed by atoms with van der Waals surface area (Å²) in [6.07, 6.45) is 3.09. The fourth-order valence-corrected chi connectivity index (χ4v) is 5.11. The van der Waals surface area contributed by atoms with E-state index < -0.39 is 41.0 Å². The molecule has 0 amide bonds. The fraction of sp³-hybridized carbons (Fsp3) is 0.351. The zero-order chi connectivity index (χ0) is 34.6. The van der Waals surface area contributed by atoms with Crippen LogP contribution in [0, 0.1) is 34.9 Å². The van der Waals surface area contributed by atoms with E-state index in [9.17, 15) is 31.4 Å². The fourth-order valence-electron chi connectivity index (χ4n) is 5.11. The summed E-state index contributed by atoms with van der Waals surface area (Å²) in [5, 5.41) is 10.3. The first-order chi connectivity index (χ1) is 23.1. The van der Waals surface area contributed by atoms with Gasteiger partial charge >= 0.3 is 0 Å². The van der Waals surface area contributed by atoms with Crippen molar-refractivity contribution < 1.29 is 50.4 Å². The molecule has 0 radical (unpaired) electrons. The van der Waals surface area contributed by atoms with Crippen molar-refractivity contribution in [1.82, 2.24) is 0 Å². The van der Waals surface area contributed by atoms with Gasteiger partial charge < -0.3 is 24.1 Å². The van der Waals surface area contributed by atoms with Crippen LogP contribution in [-0.4, -0.2) is 37.6 Å². The average Bonchev–Trinajstić information content (AvgIpc) is 3.06. The van der Waals surface area contributed by atoms with Gasteiger partial charge in [-0.05, 0) is 101 Å². The molecule has 0 aliphatic rings. The molecule has 0 atom stereocenters. The normalized spacial score (nSPS) is 11.2. The Morgan fingerprint density at radius 3 is 1.27 bits per heavy atom. The van der Waals surface area contributed by atoms with E-state index in [1.165, 1.54) is 48.5 Å². The van der Waals surface area contributed by atoms with Crippen molar-refractivity contribution in [2.75, 3.05) is 26.4 Å². The summed E-state index contributed by atoms with van der Waals surface area (Å²) in [6, 6.07) is 12.9. The molecule has 1 N–H and O–H groups in total. The van der Waals surface area contributed by atoms with Gasteiger partial charge in [0.2, 0.25) is 11.6 Å². The number of benzene rings is 4. The first-order valence-corrected chi connectivity index (χ1v) is 15.9. The molecule has 0 saturated carbocycles. The minimum Gasteiger partial charge on any atom is -0.493 e. The van der Waals surface area contributed by atoms with Crippen LogP contribution in [0.5, 0.6) is 23.0 Å². The van der Waals surface area contributed by atoms with Gasteiger partial charge in [-0.2, -0.15) is 8.78 Å². The molecule has 4 aromatic carbocycles. The summed E-state index contributed by atoms with van der Waals surface area (Å²) in [5.74, 6) is -6.24. The van der Waals surface area contributed by atoms with Gasteiger partial charge in [-0.15, -0.1) is 0 Å². The van der Waals surface area contributed by atoms with Crippen LogP contribution in [0.1, 0.15) is 52.4 Å². The second-order valence-corrected chi connectivity index (χ2v) is 11.0. The number of aliphatic hydroxyl groups is 1. The van der Waals surface area contributed by atoms with E-state index in [4.69, 9.17) is 18.9 Å². The molecular formula is C37H38F6O5. The highest BCUT2D eigenvalue weighted by atomic mass is 19.2. The van der Waals surface area contributed by atoms with Crippen LogP contribution in [0.2, 0.25) is 0 Å². The first kappa shape index (κ1) is 36.5. The van der Waals surface area contributed by atoms with Crippen LogP contribution in [0.25, 0.3) is 22.3 Å². The van der Waals surface area contributed by atoms with Gasteiger partial charge in [0.15, 0.2) is 23.1 Å². The van der Waals surface area contributed by atoms with Gasteiger partial charge in [0, 0.05) is 34.4 Å². The Morgan fingerprint density at radius 1 is 0.500 bits per heavy atom. The van der Waals surface area contributed by atoms with Crippen LogP contribution in [0.4, 0.5) is 26.3 Å². The molecule has 0 fully saturated rings. The smallest absolute Gasteiger partial charge is 0.201 e. The minimum atomic E-state index is -1.19. The molecular weight excluding hydrogens is 638 g/mol. The molecule has 4 rings (SSSR count). The Labute approximate surface area is 276 Å². The molecule has 0 saturated heterocycles. The van der Waals surface area contributed by atoms with Gasteiger partial charge in [0.1, 0.15) is 23.1 Å². The van der Waals surface area contributed by atoms with E-state index in [-0.39, 0.29) is 71.7 Å². The van der Waals surface area contributed by atoms with E-state index >= 15 is 0 Å². The van der Waals surface area contributed by atoms with E-state index in [0.29, 0.717) is 38.5 Å². The summed E-state index contributed by atoms with van der Waals surface area (Å²) in [4.78, 5) is 0. The Kier molecular flexibility index (Phi) is 13.4. The van der Waals surface area contributed by atoms with Crippen LogP contribution in [0.15, 0.2) is 60.7 Å². The zero-order valence-electron chi connectivity index (χ0n) is 26.8. The van der Waals surface area contributed by atoms with Crippen molar-refractivity contribution in [3.8, 4) is 45.3 Å². The van der Waals surface area contributed by atoms with Crippen molar-refractivity contribution in [1.29, 1.82) is 0 Å². The van der Waals surface area contributed by atoms with Crippen molar-refractivity contribution in [2.24, 2.45) is 0 Å². The minimum absolute atomic E-state index is 0.102. The molecule has 0 unspecified atom stereocenters. The summed E-state index contributed by atoms with van der Waals surface area (Å²) < 4.78 is 108. The highest BCUT2D eigenvalue weighted by Crippen LogP contribution is 2.34. The third-order valence-corrected chi connectivity index (χ3v) is 7.56. The van der Waals surface area contributed by atoms with Crippen LogP contribution in [-0.2, 0) is 0 Å². The molecule has 258 valence electrons.